The van der Waals surface area contributed by atoms with Gasteiger partial charge in [-0.3, -0.25) is 0 Å². The molecule has 0 bridgehead atoms. The summed E-state index contributed by atoms with van der Waals surface area (Å²) in [6.07, 6.45) is 5.98. The molecular formula is C50H43BN2. The van der Waals surface area contributed by atoms with Crippen molar-refractivity contribution in [1.82, 2.24) is 9.13 Å². The van der Waals surface area contributed by atoms with E-state index >= 15 is 0 Å². The van der Waals surface area contributed by atoms with Crippen LogP contribution in [0.15, 0.2) is 127 Å². The predicted molar refractivity (Wildman–Crippen MR) is 228 cm³/mol. The number of benzene rings is 6. The topological polar surface area (TPSA) is 9.86 Å². The Kier molecular flexibility index (Phi) is 6.17. The maximum atomic E-state index is 2.64. The molecule has 1 unspecified atom stereocenters. The van der Waals surface area contributed by atoms with Crippen molar-refractivity contribution in [2.75, 3.05) is 0 Å². The maximum absolute atomic E-state index is 2.64. The summed E-state index contributed by atoms with van der Waals surface area (Å²) in [5.74, 6) is 0.467. The van der Waals surface area contributed by atoms with E-state index in [9.17, 15) is 0 Å². The molecule has 8 aromatic rings. The Morgan fingerprint density at radius 2 is 1.21 bits per heavy atom. The highest BCUT2D eigenvalue weighted by molar-refractivity contribution is 7.00. The van der Waals surface area contributed by atoms with Gasteiger partial charge in [0.25, 0.3) is 6.71 Å². The fourth-order valence-corrected chi connectivity index (χ4v) is 10.0. The van der Waals surface area contributed by atoms with Crippen LogP contribution in [0, 0.1) is 11.3 Å². The summed E-state index contributed by atoms with van der Waals surface area (Å²) >= 11 is 0. The van der Waals surface area contributed by atoms with Crippen molar-refractivity contribution in [1.29, 1.82) is 0 Å². The second-order valence-electron chi connectivity index (χ2n) is 17.8. The third-order valence-electron chi connectivity index (χ3n) is 12.7. The monoisotopic (exact) mass is 682 g/mol. The Labute approximate surface area is 312 Å². The molecular weight excluding hydrogens is 639 g/mol. The molecule has 256 valence electrons. The summed E-state index contributed by atoms with van der Waals surface area (Å²) in [6.45, 7) is 14.3. The summed E-state index contributed by atoms with van der Waals surface area (Å²) in [5.41, 5.74) is 20.5. The first kappa shape index (κ1) is 31.0. The van der Waals surface area contributed by atoms with Gasteiger partial charge in [0.05, 0.1) is 5.52 Å². The lowest BCUT2D eigenvalue weighted by atomic mass is 9.34. The molecule has 0 spiro atoms. The highest BCUT2D eigenvalue weighted by Crippen LogP contribution is 2.46. The first-order valence-corrected chi connectivity index (χ1v) is 19.3. The average Bonchev–Trinajstić information content (AvgIpc) is 3.69. The first-order chi connectivity index (χ1) is 25.6. The van der Waals surface area contributed by atoms with Crippen molar-refractivity contribution in [2.45, 2.75) is 53.4 Å². The van der Waals surface area contributed by atoms with Crippen molar-refractivity contribution in [2.24, 2.45) is 11.3 Å². The fourth-order valence-electron chi connectivity index (χ4n) is 10.0. The lowest BCUT2D eigenvalue weighted by Crippen LogP contribution is -2.59. The number of fused-ring (bicyclic) bond motifs is 10. The molecule has 0 amide bonds. The minimum absolute atomic E-state index is 0.0398. The molecule has 2 aliphatic heterocycles. The second kappa shape index (κ2) is 10.5. The standard InChI is InChI=1S/C50H43BN2/c1-49(2,3)32-20-26-40-36(28-32)44-34(30-14-9-7-10-15-30)22-24-38-47(44)52(40)42-18-13-19-43-46(42)51(38)39-25-23-35(31-16-11-8-12-17-31)45-37-29-33(50(4,5)6)21-27-41(37)53(43)48(39)45/h7-28,33H,29H2,1-6H3. The molecule has 2 aromatic heterocycles. The van der Waals surface area contributed by atoms with E-state index in [1.165, 1.54) is 99.5 Å². The second-order valence-corrected chi connectivity index (χ2v) is 17.8. The van der Waals surface area contributed by atoms with Crippen LogP contribution < -0.4 is 16.4 Å². The van der Waals surface area contributed by atoms with Gasteiger partial charge in [-0.05, 0) is 103 Å². The van der Waals surface area contributed by atoms with E-state index in [1.807, 2.05) is 0 Å². The summed E-state index contributed by atoms with van der Waals surface area (Å²) in [7, 11) is 0. The van der Waals surface area contributed by atoms with Crippen molar-refractivity contribution in [3.63, 3.8) is 0 Å². The van der Waals surface area contributed by atoms with Crippen LogP contribution in [0.3, 0.4) is 0 Å². The molecule has 0 fully saturated rings. The van der Waals surface area contributed by atoms with Gasteiger partial charge in [0.1, 0.15) is 0 Å². The molecule has 11 rings (SSSR count). The van der Waals surface area contributed by atoms with Crippen LogP contribution in [0.1, 0.15) is 58.4 Å². The van der Waals surface area contributed by atoms with Gasteiger partial charge < -0.3 is 9.13 Å². The number of aromatic nitrogens is 2. The Bertz CT molecular complexity index is 2870. The first-order valence-electron chi connectivity index (χ1n) is 19.3. The molecule has 0 N–H and O–H groups in total. The van der Waals surface area contributed by atoms with Crippen LogP contribution in [-0.2, 0) is 11.8 Å². The van der Waals surface area contributed by atoms with Gasteiger partial charge in [0.15, 0.2) is 0 Å². The molecule has 4 heterocycles. The van der Waals surface area contributed by atoms with Gasteiger partial charge in [-0.2, -0.15) is 0 Å². The third kappa shape index (κ3) is 4.17. The summed E-state index contributed by atoms with van der Waals surface area (Å²) in [6, 6.07) is 46.1. The molecule has 6 aromatic carbocycles. The van der Waals surface area contributed by atoms with Gasteiger partial charge in [0, 0.05) is 44.3 Å². The number of rotatable bonds is 2. The van der Waals surface area contributed by atoms with E-state index in [0.29, 0.717) is 5.92 Å². The van der Waals surface area contributed by atoms with Crippen LogP contribution in [0.4, 0.5) is 0 Å². The van der Waals surface area contributed by atoms with Gasteiger partial charge in [-0.15, -0.1) is 0 Å². The minimum Gasteiger partial charge on any atom is -0.311 e. The van der Waals surface area contributed by atoms with E-state index in [-0.39, 0.29) is 17.5 Å². The number of allylic oxidation sites excluding steroid dienone is 1. The molecule has 0 radical (unpaired) electrons. The van der Waals surface area contributed by atoms with Crippen LogP contribution in [0.2, 0.25) is 0 Å². The Hall–Kier alpha value is -5.54. The van der Waals surface area contributed by atoms with E-state index in [4.69, 9.17) is 0 Å². The van der Waals surface area contributed by atoms with Gasteiger partial charge in [-0.1, -0.05) is 145 Å². The summed E-state index contributed by atoms with van der Waals surface area (Å²) < 4.78 is 5.25. The zero-order chi connectivity index (χ0) is 36.0. The molecule has 2 nitrogen and oxygen atoms in total. The Morgan fingerprint density at radius 1 is 0.604 bits per heavy atom. The minimum atomic E-state index is 0.0398. The Balaban J connectivity index is 1.29. The van der Waals surface area contributed by atoms with Gasteiger partial charge in [0.2, 0.25) is 0 Å². The molecule has 0 saturated heterocycles. The smallest absolute Gasteiger partial charge is 0.252 e. The normalized spacial score (nSPS) is 15.7. The van der Waals surface area contributed by atoms with E-state index < -0.39 is 0 Å². The highest BCUT2D eigenvalue weighted by atomic mass is 15.0. The van der Waals surface area contributed by atoms with Gasteiger partial charge >= 0.3 is 0 Å². The van der Waals surface area contributed by atoms with Crippen LogP contribution in [0.25, 0.3) is 72.4 Å². The molecule has 53 heavy (non-hydrogen) atoms. The zero-order valence-corrected chi connectivity index (χ0v) is 31.5. The van der Waals surface area contributed by atoms with Gasteiger partial charge in [-0.25, -0.2) is 0 Å². The fraction of sp³-hybridized carbons (Fsp3) is 0.200. The number of nitrogens with zero attached hydrogens (tertiary/aromatic N) is 2. The molecule has 3 heteroatoms. The lowest BCUT2D eigenvalue weighted by molar-refractivity contribution is 0.291. The molecule has 0 saturated carbocycles. The average molecular weight is 683 g/mol. The third-order valence-corrected chi connectivity index (χ3v) is 12.7. The number of hydrogen-bond donors (Lipinski definition) is 0. The predicted octanol–water partition coefficient (Wildman–Crippen LogP) is 10.7. The quantitative estimate of drug-likeness (QED) is 0.161. The van der Waals surface area contributed by atoms with E-state index in [2.05, 4.69) is 184 Å². The zero-order valence-electron chi connectivity index (χ0n) is 31.5. The van der Waals surface area contributed by atoms with Crippen LogP contribution in [-0.4, -0.2) is 15.8 Å². The molecule has 1 atom stereocenters. The lowest BCUT2D eigenvalue weighted by Gasteiger charge is -2.34. The van der Waals surface area contributed by atoms with Crippen molar-refractivity contribution in [3.05, 3.63) is 144 Å². The van der Waals surface area contributed by atoms with Crippen molar-refractivity contribution < 1.29 is 0 Å². The largest absolute Gasteiger partial charge is 0.311 e. The van der Waals surface area contributed by atoms with Crippen LogP contribution >= 0.6 is 0 Å². The SMILES string of the molecule is CC(C)(C)c1ccc2c(c1)c1c(-c3ccccc3)ccc3c1n2-c1cccc2c1B3c1ccc(-c3ccccc3)c3c4c(n-2c13)C=CC(C(C)(C)C)C4. The highest BCUT2D eigenvalue weighted by Gasteiger charge is 2.43. The maximum Gasteiger partial charge on any atom is 0.252 e. The Morgan fingerprint density at radius 3 is 1.83 bits per heavy atom. The molecule has 3 aliphatic rings. The molecule has 1 aliphatic carbocycles. The van der Waals surface area contributed by atoms with Crippen molar-refractivity contribution >= 4 is 61.9 Å². The van der Waals surface area contributed by atoms with Crippen molar-refractivity contribution in [3.8, 4) is 33.6 Å². The van der Waals surface area contributed by atoms with E-state index in [0.717, 1.165) is 6.42 Å². The summed E-state index contributed by atoms with van der Waals surface area (Å²) in [4.78, 5) is 0. The summed E-state index contributed by atoms with van der Waals surface area (Å²) in [5, 5.41) is 4.12. The number of hydrogen-bond acceptors (Lipinski definition) is 0. The van der Waals surface area contributed by atoms with E-state index in [1.54, 1.807) is 0 Å². The van der Waals surface area contributed by atoms with Crippen LogP contribution in [0.5, 0.6) is 0 Å².